The van der Waals surface area contributed by atoms with Crippen molar-refractivity contribution in [1.82, 2.24) is 19.6 Å². The van der Waals surface area contributed by atoms with Crippen molar-refractivity contribution in [1.29, 1.82) is 0 Å². The standard InChI is InChI=1S/C22H21BrCl2F3N5O/c1-10-18(11(2)32(30-10)9-14-6-7-15(24)8-16(14)25)29-21(34)12(3)33-19(13-4-5-13)17(23)20(31-33)22(26,27)28/h6-8,12-13H,4-5,9H2,1-3H3,(H,29,34). The van der Waals surface area contributed by atoms with E-state index < -0.39 is 23.8 Å². The van der Waals surface area contributed by atoms with Crippen LogP contribution >= 0.6 is 39.1 Å². The topological polar surface area (TPSA) is 64.7 Å². The number of benzene rings is 1. The lowest BCUT2D eigenvalue weighted by atomic mass is 10.2. The molecular weight excluding hydrogens is 558 g/mol. The average molecular weight is 579 g/mol. The highest BCUT2D eigenvalue weighted by Crippen LogP contribution is 2.47. The number of aromatic nitrogens is 4. The summed E-state index contributed by atoms with van der Waals surface area (Å²) in [6.45, 7) is 5.44. The lowest BCUT2D eigenvalue weighted by Gasteiger charge is -2.16. The van der Waals surface area contributed by atoms with Gasteiger partial charge in [0.2, 0.25) is 5.91 Å². The maximum absolute atomic E-state index is 13.4. The van der Waals surface area contributed by atoms with Crippen molar-refractivity contribution in [3.05, 3.63) is 61.1 Å². The van der Waals surface area contributed by atoms with Crippen LogP contribution in [0.15, 0.2) is 22.7 Å². The Balaban J connectivity index is 1.59. The van der Waals surface area contributed by atoms with Crippen LogP contribution in [0.3, 0.4) is 0 Å². The van der Waals surface area contributed by atoms with Gasteiger partial charge in [-0.1, -0.05) is 29.3 Å². The van der Waals surface area contributed by atoms with Gasteiger partial charge in [0.05, 0.1) is 33.8 Å². The SMILES string of the molecule is Cc1nn(Cc2ccc(Cl)cc2Cl)c(C)c1NC(=O)C(C)n1nc(C(F)(F)F)c(Br)c1C1CC1. The number of nitrogens with one attached hydrogen (secondary N) is 1. The minimum Gasteiger partial charge on any atom is -0.321 e. The number of carbonyl (C=O) groups is 1. The number of hydrogen-bond donors (Lipinski definition) is 1. The second-order valence-corrected chi connectivity index (χ2v) is 10.0. The molecule has 1 N–H and O–H groups in total. The van der Waals surface area contributed by atoms with Gasteiger partial charge in [0.15, 0.2) is 5.69 Å². The zero-order valence-electron chi connectivity index (χ0n) is 18.5. The van der Waals surface area contributed by atoms with E-state index in [0.717, 1.165) is 18.4 Å². The highest BCUT2D eigenvalue weighted by atomic mass is 79.9. The minimum absolute atomic E-state index is 0.0522. The van der Waals surface area contributed by atoms with Gasteiger partial charge >= 0.3 is 6.18 Å². The molecule has 1 atom stereocenters. The molecule has 2 heterocycles. The summed E-state index contributed by atoms with van der Waals surface area (Å²) < 4.78 is 43.1. The summed E-state index contributed by atoms with van der Waals surface area (Å²) in [4.78, 5) is 13.1. The molecule has 34 heavy (non-hydrogen) atoms. The third kappa shape index (κ3) is 4.85. The fourth-order valence-corrected chi connectivity index (χ4v) is 5.09. The van der Waals surface area contributed by atoms with Gasteiger partial charge in [0.1, 0.15) is 6.04 Å². The summed E-state index contributed by atoms with van der Waals surface area (Å²) in [5.41, 5.74) is 1.94. The molecule has 1 fully saturated rings. The molecule has 1 aromatic carbocycles. The number of amides is 1. The van der Waals surface area contributed by atoms with Gasteiger partial charge in [-0.2, -0.15) is 23.4 Å². The Kier molecular flexibility index (Phi) is 6.78. The average Bonchev–Trinajstić information content (AvgIpc) is 3.47. The van der Waals surface area contributed by atoms with Crippen molar-refractivity contribution in [2.24, 2.45) is 0 Å². The Morgan fingerprint density at radius 1 is 1.26 bits per heavy atom. The molecule has 0 saturated heterocycles. The fourth-order valence-electron chi connectivity index (χ4n) is 3.81. The van der Waals surface area contributed by atoms with Crippen LogP contribution in [0.1, 0.15) is 60.1 Å². The van der Waals surface area contributed by atoms with Gasteiger partial charge in [-0.25, -0.2) is 0 Å². The maximum atomic E-state index is 13.4. The summed E-state index contributed by atoms with van der Waals surface area (Å²) in [5.74, 6) is -0.538. The highest BCUT2D eigenvalue weighted by molar-refractivity contribution is 9.10. The van der Waals surface area contributed by atoms with Gasteiger partial charge in [0.25, 0.3) is 0 Å². The number of anilines is 1. The first-order valence-corrected chi connectivity index (χ1v) is 12.1. The molecule has 0 bridgehead atoms. The van der Waals surface area contributed by atoms with Crippen molar-refractivity contribution in [3.63, 3.8) is 0 Å². The Bertz CT molecular complexity index is 1270. The number of halogens is 6. The quantitative estimate of drug-likeness (QED) is 0.346. The minimum atomic E-state index is -4.62. The van der Waals surface area contributed by atoms with Gasteiger partial charge in [-0.05, 0) is 67.2 Å². The predicted molar refractivity (Wildman–Crippen MR) is 128 cm³/mol. The summed E-state index contributed by atoms with van der Waals surface area (Å²) in [5, 5.41) is 12.1. The first kappa shape index (κ1) is 25.1. The Labute approximate surface area is 212 Å². The molecule has 1 amide bonds. The smallest absolute Gasteiger partial charge is 0.321 e. The van der Waals surface area contributed by atoms with Crippen molar-refractivity contribution in [2.45, 2.75) is 58.3 Å². The van der Waals surface area contributed by atoms with Crippen LogP contribution in [0.4, 0.5) is 18.9 Å². The van der Waals surface area contributed by atoms with E-state index in [2.05, 4.69) is 31.4 Å². The van der Waals surface area contributed by atoms with Crippen molar-refractivity contribution < 1.29 is 18.0 Å². The first-order chi connectivity index (χ1) is 15.9. The molecule has 0 spiro atoms. The van der Waals surface area contributed by atoms with E-state index in [-0.39, 0.29) is 10.4 Å². The molecule has 2 aromatic heterocycles. The summed E-state index contributed by atoms with van der Waals surface area (Å²) in [6.07, 6.45) is -3.11. The van der Waals surface area contributed by atoms with Crippen molar-refractivity contribution in [2.75, 3.05) is 5.32 Å². The molecule has 1 aliphatic rings. The zero-order chi connectivity index (χ0) is 24.9. The molecular formula is C22H21BrCl2F3N5O. The van der Waals surface area contributed by atoms with E-state index in [1.807, 2.05) is 0 Å². The molecule has 12 heteroatoms. The molecule has 0 aliphatic heterocycles. The molecule has 6 nitrogen and oxygen atoms in total. The molecule has 1 saturated carbocycles. The fraction of sp³-hybridized carbons (Fsp3) is 0.409. The molecule has 0 radical (unpaired) electrons. The number of nitrogens with zero attached hydrogens (tertiary/aromatic N) is 4. The molecule has 1 aliphatic carbocycles. The van der Waals surface area contributed by atoms with Gasteiger partial charge in [0, 0.05) is 16.0 Å². The largest absolute Gasteiger partial charge is 0.436 e. The van der Waals surface area contributed by atoms with Crippen LogP contribution in [0.2, 0.25) is 10.0 Å². The monoisotopic (exact) mass is 577 g/mol. The zero-order valence-corrected chi connectivity index (χ0v) is 21.6. The second-order valence-electron chi connectivity index (χ2n) is 8.37. The van der Waals surface area contributed by atoms with Gasteiger partial charge in [-0.3, -0.25) is 14.2 Å². The normalized spacial score (nSPS) is 15.0. The van der Waals surface area contributed by atoms with Crippen LogP contribution in [0.5, 0.6) is 0 Å². The number of carbonyl (C=O) groups excluding carboxylic acids is 1. The van der Waals surface area contributed by atoms with E-state index >= 15 is 0 Å². The van der Waals surface area contributed by atoms with E-state index in [0.29, 0.717) is 39.4 Å². The lowest BCUT2D eigenvalue weighted by Crippen LogP contribution is -2.26. The third-order valence-corrected chi connectivity index (χ3v) is 7.20. The van der Waals surface area contributed by atoms with Gasteiger partial charge in [-0.15, -0.1) is 0 Å². The van der Waals surface area contributed by atoms with Crippen LogP contribution in [-0.4, -0.2) is 25.5 Å². The summed E-state index contributed by atoms with van der Waals surface area (Å²) in [6, 6.07) is 4.21. The lowest BCUT2D eigenvalue weighted by molar-refractivity contribution is -0.142. The van der Waals surface area contributed by atoms with Crippen LogP contribution in [-0.2, 0) is 17.5 Å². The summed E-state index contributed by atoms with van der Waals surface area (Å²) >= 11 is 15.3. The maximum Gasteiger partial charge on any atom is 0.436 e. The van der Waals surface area contributed by atoms with Crippen molar-refractivity contribution in [3.8, 4) is 0 Å². The first-order valence-electron chi connectivity index (χ1n) is 10.5. The highest BCUT2D eigenvalue weighted by Gasteiger charge is 2.43. The number of rotatable bonds is 6. The summed E-state index contributed by atoms with van der Waals surface area (Å²) in [7, 11) is 0. The molecule has 182 valence electrons. The van der Waals surface area contributed by atoms with Crippen molar-refractivity contribution >= 4 is 50.7 Å². The Morgan fingerprint density at radius 2 is 1.94 bits per heavy atom. The van der Waals surface area contributed by atoms with Crippen LogP contribution in [0.25, 0.3) is 0 Å². The van der Waals surface area contributed by atoms with E-state index in [4.69, 9.17) is 23.2 Å². The predicted octanol–water partition coefficient (Wildman–Crippen LogP) is 6.91. The Hall–Kier alpha value is -2.04. The van der Waals surface area contributed by atoms with Gasteiger partial charge < -0.3 is 5.32 Å². The number of aryl methyl sites for hydroxylation is 1. The van der Waals surface area contributed by atoms with E-state index in [9.17, 15) is 18.0 Å². The van der Waals surface area contributed by atoms with Crippen LogP contribution in [0, 0.1) is 13.8 Å². The molecule has 4 rings (SSSR count). The van der Waals surface area contributed by atoms with E-state index in [1.165, 1.54) is 11.6 Å². The second kappa shape index (κ2) is 9.20. The van der Waals surface area contributed by atoms with Crippen LogP contribution < -0.4 is 5.32 Å². The number of alkyl halides is 3. The Morgan fingerprint density at radius 3 is 2.53 bits per heavy atom. The molecule has 3 aromatic rings. The third-order valence-electron chi connectivity index (χ3n) is 5.83. The number of hydrogen-bond acceptors (Lipinski definition) is 3. The molecule has 1 unspecified atom stereocenters. The van der Waals surface area contributed by atoms with E-state index in [1.54, 1.807) is 36.7 Å².